The summed E-state index contributed by atoms with van der Waals surface area (Å²) >= 11 is 0. The molecule has 2 amide bonds. The van der Waals surface area contributed by atoms with Gasteiger partial charge in [-0.3, -0.25) is 0 Å². The van der Waals surface area contributed by atoms with Crippen molar-refractivity contribution >= 4 is 11.7 Å². The fourth-order valence-electron chi connectivity index (χ4n) is 3.63. The van der Waals surface area contributed by atoms with Crippen LogP contribution in [0.25, 0.3) is 0 Å². The van der Waals surface area contributed by atoms with E-state index in [2.05, 4.69) is 22.3 Å². The van der Waals surface area contributed by atoms with Crippen LogP contribution in [0.1, 0.15) is 5.56 Å². The Morgan fingerprint density at radius 3 is 2.45 bits per heavy atom. The molecular formula is C22H27N3O4. The molecule has 2 aromatic carbocycles. The number of urea groups is 1. The average molecular weight is 397 g/mol. The number of nitrogens with one attached hydrogen (secondary N) is 1. The first-order chi connectivity index (χ1) is 14.2. The molecule has 2 heterocycles. The lowest BCUT2D eigenvalue weighted by Crippen LogP contribution is -2.52. The van der Waals surface area contributed by atoms with E-state index in [1.807, 2.05) is 35.2 Å². The number of anilines is 1. The molecule has 154 valence electrons. The van der Waals surface area contributed by atoms with Crippen molar-refractivity contribution in [1.82, 2.24) is 10.2 Å². The van der Waals surface area contributed by atoms with Crippen molar-refractivity contribution in [3.8, 4) is 17.2 Å². The Morgan fingerprint density at radius 2 is 1.72 bits per heavy atom. The summed E-state index contributed by atoms with van der Waals surface area (Å²) in [7, 11) is 1.67. The molecule has 1 fully saturated rings. The van der Waals surface area contributed by atoms with Crippen LogP contribution in [-0.4, -0.2) is 64.0 Å². The van der Waals surface area contributed by atoms with Gasteiger partial charge < -0.3 is 29.3 Å². The van der Waals surface area contributed by atoms with E-state index in [4.69, 9.17) is 14.2 Å². The van der Waals surface area contributed by atoms with Crippen LogP contribution in [0.3, 0.4) is 0 Å². The molecule has 0 unspecified atom stereocenters. The smallest absolute Gasteiger partial charge is 0.317 e. The maximum absolute atomic E-state index is 12.5. The second-order valence-electron chi connectivity index (χ2n) is 7.13. The zero-order valence-electron chi connectivity index (χ0n) is 16.7. The molecule has 7 heteroatoms. The zero-order chi connectivity index (χ0) is 20.1. The fraction of sp³-hybridized carbons (Fsp3) is 0.409. The lowest BCUT2D eigenvalue weighted by Gasteiger charge is -2.36. The van der Waals surface area contributed by atoms with Gasteiger partial charge in [0, 0.05) is 38.4 Å². The first-order valence-corrected chi connectivity index (χ1v) is 10.0. The molecule has 0 spiro atoms. The fourth-order valence-corrected chi connectivity index (χ4v) is 3.63. The number of carbonyl (C=O) groups excluding carboxylic acids is 1. The molecule has 0 aromatic heterocycles. The zero-order valence-corrected chi connectivity index (χ0v) is 16.7. The topological polar surface area (TPSA) is 63.3 Å². The van der Waals surface area contributed by atoms with Crippen LogP contribution < -0.4 is 24.4 Å². The minimum Gasteiger partial charge on any atom is -0.497 e. The van der Waals surface area contributed by atoms with E-state index in [0.717, 1.165) is 48.0 Å². The number of ether oxygens (including phenoxy) is 3. The van der Waals surface area contributed by atoms with E-state index in [1.165, 1.54) is 0 Å². The van der Waals surface area contributed by atoms with Gasteiger partial charge >= 0.3 is 6.03 Å². The largest absolute Gasteiger partial charge is 0.497 e. The molecule has 0 saturated carbocycles. The molecule has 2 aromatic rings. The van der Waals surface area contributed by atoms with Crippen molar-refractivity contribution in [2.24, 2.45) is 0 Å². The van der Waals surface area contributed by atoms with Crippen molar-refractivity contribution in [3.05, 3.63) is 48.0 Å². The second-order valence-corrected chi connectivity index (χ2v) is 7.13. The molecule has 0 radical (unpaired) electrons. The van der Waals surface area contributed by atoms with Crippen LogP contribution >= 0.6 is 0 Å². The molecule has 2 aliphatic rings. The second kappa shape index (κ2) is 8.94. The van der Waals surface area contributed by atoms with E-state index in [1.54, 1.807) is 7.11 Å². The Bertz CT molecular complexity index is 832. The van der Waals surface area contributed by atoms with Gasteiger partial charge in [0.1, 0.15) is 19.0 Å². The highest BCUT2D eigenvalue weighted by atomic mass is 16.6. The first kappa shape index (κ1) is 19.2. The quantitative estimate of drug-likeness (QED) is 0.840. The van der Waals surface area contributed by atoms with Gasteiger partial charge in [0.15, 0.2) is 11.5 Å². The number of benzene rings is 2. The van der Waals surface area contributed by atoms with Crippen LogP contribution in [0, 0.1) is 0 Å². The Labute approximate surface area is 171 Å². The normalized spacial score (nSPS) is 15.8. The minimum atomic E-state index is -0.00285. The minimum absolute atomic E-state index is 0.00285. The van der Waals surface area contributed by atoms with Gasteiger partial charge in [-0.2, -0.15) is 0 Å². The number of amides is 2. The molecule has 0 bridgehead atoms. The van der Waals surface area contributed by atoms with Gasteiger partial charge in [-0.05, 0) is 48.4 Å². The van der Waals surface area contributed by atoms with Crippen LogP contribution in [0.2, 0.25) is 0 Å². The molecule has 7 nitrogen and oxygen atoms in total. The number of hydrogen-bond acceptors (Lipinski definition) is 5. The summed E-state index contributed by atoms with van der Waals surface area (Å²) in [5, 5.41) is 3.03. The molecule has 29 heavy (non-hydrogen) atoms. The van der Waals surface area contributed by atoms with Gasteiger partial charge in [0.2, 0.25) is 0 Å². The summed E-state index contributed by atoms with van der Waals surface area (Å²) in [6, 6.07) is 14.0. The van der Waals surface area contributed by atoms with Crippen molar-refractivity contribution < 1.29 is 19.0 Å². The summed E-state index contributed by atoms with van der Waals surface area (Å²) in [6.45, 7) is 4.83. The van der Waals surface area contributed by atoms with E-state index >= 15 is 0 Å². The highest BCUT2D eigenvalue weighted by Gasteiger charge is 2.21. The summed E-state index contributed by atoms with van der Waals surface area (Å²) in [6.07, 6.45) is 0.758. The van der Waals surface area contributed by atoms with Crippen LogP contribution in [-0.2, 0) is 6.42 Å². The summed E-state index contributed by atoms with van der Waals surface area (Å²) in [5.41, 5.74) is 2.28. The number of rotatable bonds is 5. The number of fused-ring (bicyclic) bond motifs is 1. The Kier molecular flexibility index (Phi) is 5.93. The molecule has 1 saturated heterocycles. The highest BCUT2D eigenvalue weighted by Crippen LogP contribution is 2.30. The van der Waals surface area contributed by atoms with Gasteiger partial charge in [-0.25, -0.2) is 4.79 Å². The number of methoxy groups -OCH3 is 1. The third kappa shape index (κ3) is 4.67. The summed E-state index contributed by atoms with van der Waals surface area (Å²) in [5.74, 6) is 2.43. The predicted molar refractivity (Wildman–Crippen MR) is 111 cm³/mol. The maximum Gasteiger partial charge on any atom is 0.317 e. The SMILES string of the molecule is COc1ccc(N2CCN(C(=O)NCCc3ccc4c(c3)OCCO4)CC2)cc1. The van der Waals surface area contributed by atoms with Crippen molar-refractivity contribution in [2.45, 2.75) is 6.42 Å². The molecule has 2 aliphatic heterocycles. The monoisotopic (exact) mass is 397 g/mol. The van der Waals surface area contributed by atoms with Crippen molar-refractivity contribution in [3.63, 3.8) is 0 Å². The van der Waals surface area contributed by atoms with Crippen LogP contribution in [0.4, 0.5) is 10.5 Å². The lowest BCUT2D eigenvalue weighted by atomic mass is 10.1. The third-order valence-corrected chi connectivity index (χ3v) is 5.30. The van der Waals surface area contributed by atoms with E-state index in [0.29, 0.717) is 32.8 Å². The molecule has 1 N–H and O–H groups in total. The molecule has 0 aliphatic carbocycles. The standard InChI is InChI=1S/C22H27N3O4/c1-27-19-5-3-18(4-6-19)24-10-12-25(13-11-24)22(26)23-9-8-17-2-7-20-21(16-17)29-15-14-28-20/h2-7,16H,8-15H2,1H3,(H,23,26). The number of carbonyl (C=O) groups is 1. The number of piperazine rings is 1. The molecule has 0 atom stereocenters. The van der Waals surface area contributed by atoms with E-state index in [9.17, 15) is 4.79 Å². The Hall–Kier alpha value is -3.09. The van der Waals surface area contributed by atoms with E-state index in [-0.39, 0.29) is 6.03 Å². The van der Waals surface area contributed by atoms with Gasteiger partial charge in [-0.1, -0.05) is 6.07 Å². The first-order valence-electron chi connectivity index (χ1n) is 10.0. The van der Waals surface area contributed by atoms with Crippen LogP contribution in [0.5, 0.6) is 17.2 Å². The van der Waals surface area contributed by atoms with Crippen LogP contribution in [0.15, 0.2) is 42.5 Å². The third-order valence-electron chi connectivity index (χ3n) is 5.30. The predicted octanol–water partition coefficient (Wildman–Crippen LogP) is 2.54. The Balaban J connectivity index is 1.21. The highest BCUT2D eigenvalue weighted by molar-refractivity contribution is 5.74. The molecule has 4 rings (SSSR count). The molecular weight excluding hydrogens is 370 g/mol. The average Bonchev–Trinajstić information content (AvgIpc) is 2.79. The number of nitrogens with zero attached hydrogens (tertiary/aromatic N) is 2. The van der Waals surface area contributed by atoms with Gasteiger partial charge in [-0.15, -0.1) is 0 Å². The lowest BCUT2D eigenvalue weighted by molar-refractivity contribution is 0.171. The van der Waals surface area contributed by atoms with Crippen molar-refractivity contribution in [2.75, 3.05) is 57.9 Å². The maximum atomic E-state index is 12.5. The van der Waals surface area contributed by atoms with E-state index < -0.39 is 0 Å². The van der Waals surface area contributed by atoms with Gasteiger partial charge in [0.25, 0.3) is 0 Å². The Morgan fingerprint density at radius 1 is 1.00 bits per heavy atom. The summed E-state index contributed by atoms with van der Waals surface area (Å²) in [4.78, 5) is 16.7. The summed E-state index contributed by atoms with van der Waals surface area (Å²) < 4.78 is 16.4. The number of hydrogen-bond donors (Lipinski definition) is 1. The van der Waals surface area contributed by atoms with Crippen molar-refractivity contribution in [1.29, 1.82) is 0 Å². The van der Waals surface area contributed by atoms with Gasteiger partial charge in [0.05, 0.1) is 7.11 Å².